The Morgan fingerprint density at radius 3 is 2.43 bits per heavy atom. The number of hydrogen-bond donors (Lipinski definition) is 0. The summed E-state index contributed by atoms with van der Waals surface area (Å²) in [7, 11) is -1.78. The van der Waals surface area contributed by atoms with Gasteiger partial charge in [-0.2, -0.15) is 0 Å². The number of carbonyl (C=O) groups excluding carboxylic acids is 1. The van der Waals surface area contributed by atoms with Gasteiger partial charge in [-0.15, -0.1) is 0 Å². The summed E-state index contributed by atoms with van der Waals surface area (Å²) in [5.74, 6) is 1.07. The van der Waals surface area contributed by atoms with Crippen molar-refractivity contribution in [3.63, 3.8) is 0 Å². The summed E-state index contributed by atoms with van der Waals surface area (Å²) in [4.78, 5) is 18.9. The molecule has 0 atom stereocenters. The molecular weight excluding hydrogens is 378 g/mol. The third-order valence-corrected chi connectivity index (χ3v) is 7.64. The largest absolute Gasteiger partial charge is 0.474 e. The highest BCUT2D eigenvalue weighted by molar-refractivity contribution is 7.92. The SMILES string of the molecule is CCS(=O)(=O)N(C)c1ccc(OC2CCN(C(=O)C3CCCCC3)CC2)nc1. The Hall–Kier alpha value is -1.83. The molecule has 1 amide bonds. The second-order valence-electron chi connectivity index (χ2n) is 7.70. The number of aromatic nitrogens is 1. The van der Waals surface area contributed by atoms with E-state index in [1.165, 1.54) is 36.8 Å². The van der Waals surface area contributed by atoms with Crippen LogP contribution in [0.3, 0.4) is 0 Å². The molecular formula is C20H31N3O4S. The van der Waals surface area contributed by atoms with E-state index < -0.39 is 10.0 Å². The number of ether oxygens (including phenoxy) is 1. The minimum absolute atomic E-state index is 0.0332. The van der Waals surface area contributed by atoms with Gasteiger partial charge in [-0.3, -0.25) is 9.10 Å². The average molecular weight is 410 g/mol. The van der Waals surface area contributed by atoms with Crippen LogP contribution in [-0.2, 0) is 14.8 Å². The number of carbonyl (C=O) groups is 1. The third kappa shape index (κ3) is 4.96. The maximum atomic E-state index is 12.6. The van der Waals surface area contributed by atoms with Crippen molar-refractivity contribution in [2.45, 2.75) is 58.0 Å². The number of likely N-dealkylation sites (tertiary alicyclic amines) is 1. The Morgan fingerprint density at radius 2 is 1.86 bits per heavy atom. The van der Waals surface area contributed by atoms with E-state index in [1.54, 1.807) is 19.1 Å². The summed E-state index contributed by atoms with van der Waals surface area (Å²) in [5, 5.41) is 0. The van der Waals surface area contributed by atoms with Crippen LogP contribution in [0.4, 0.5) is 5.69 Å². The van der Waals surface area contributed by atoms with Gasteiger partial charge < -0.3 is 9.64 Å². The highest BCUT2D eigenvalue weighted by Crippen LogP contribution is 2.27. The van der Waals surface area contributed by atoms with Gasteiger partial charge >= 0.3 is 0 Å². The molecule has 8 heteroatoms. The quantitative estimate of drug-likeness (QED) is 0.722. The van der Waals surface area contributed by atoms with Crippen LogP contribution in [0.25, 0.3) is 0 Å². The molecule has 3 rings (SSSR count). The van der Waals surface area contributed by atoms with Gasteiger partial charge in [0.15, 0.2) is 0 Å². The van der Waals surface area contributed by atoms with Crippen molar-refractivity contribution < 1.29 is 17.9 Å². The number of amides is 1. The van der Waals surface area contributed by atoms with Crippen LogP contribution in [0.2, 0.25) is 0 Å². The number of hydrogen-bond acceptors (Lipinski definition) is 5. The van der Waals surface area contributed by atoms with E-state index in [1.807, 2.05) is 4.90 Å². The maximum Gasteiger partial charge on any atom is 0.234 e. The molecule has 1 aliphatic carbocycles. The van der Waals surface area contributed by atoms with Gasteiger partial charge in [-0.25, -0.2) is 13.4 Å². The first-order valence-corrected chi connectivity index (χ1v) is 11.9. The molecule has 0 aromatic carbocycles. The van der Waals surface area contributed by atoms with Gasteiger partial charge in [-0.05, 0) is 25.8 Å². The predicted octanol–water partition coefficient (Wildman–Crippen LogP) is 2.82. The first-order valence-electron chi connectivity index (χ1n) is 10.3. The zero-order valence-corrected chi connectivity index (χ0v) is 17.7. The van der Waals surface area contributed by atoms with Crippen molar-refractivity contribution >= 4 is 21.6 Å². The van der Waals surface area contributed by atoms with Crippen LogP contribution < -0.4 is 9.04 Å². The lowest BCUT2D eigenvalue weighted by Gasteiger charge is -2.35. The second kappa shape index (κ2) is 9.11. The maximum absolute atomic E-state index is 12.6. The van der Waals surface area contributed by atoms with Gasteiger partial charge in [0.05, 0.1) is 17.6 Å². The van der Waals surface area contributed by atoms with E-state index in [-0.39, 0.29) is 17.8 Å². The summed E-state index contributed by atoms with van der Waals surface area (Å²) in [6, 6.07) is 3.41. The highest BCUT2D eigenvalue weighted by atomic mass is 32.2. The monoisotopic (exact) mass is 409 g/mol. The second-order valence-corrected chi connectivity index (χ2v) is 9.99. The normalized spacial score (nSPS) is 19.4. The summed E-state index contributed by atoms with van der Waals surface area (Å²) in [6.07, 6.45) is 8.82. The van der Waals surface area contributed by atoms with Crippen LogP contribution >= 0.6 is 0 Å². The molecule has 1 saturated carbocycles. The number of anilines is 1. The highest BCUT2D eigenvalue weighted by Gasteiger charge is 2.29. The van der Waals surface area contributed by atoms with Crippen LogP contribution in [-0.4, -0.2) is 56.2 Å². The van der Waals surface area contributed by atoms with E-state index in [0.717, 1.165) is 38.8 Å². The van der Waals surface area contributed by atoms with Crippen molar-refractivity contribution in [2.24, 2.45) is 5.92 Å². The molecule has 0 unspecified atom stereocenters. The lowest BCUT2D eigenvalue weighted by Crippen LogP contribution is -2.44. The third-order valence-electron chi connectivity index (χ3n) is 5.86. The van der Waals surface area contributed by atoms with E-state index in [0.29, 0.717) is 17.5 Å². The molecule has 2 aliphatic rings. The fraction of sp³-hybridized carbons (Fsp3) is 0.700. The summed E-state index contributed by atoms with van der Waals surface area (Å²) < 4.78 is 31.1. The van der Waals surface area contributed by atoms with Gasteiger partial charge in [-0.1, -0.05) is 19.3 Å². The fourth-order valence-electron chi connectivity index (χ4n) is 3.96. The standard InChI is InChI=1S/C20H31N3O4S/c1-3-28(25,26)22(2)17-9-10-19(21-15-17)27-18-11-13-23(14-12-18)20(24)16-7-5-4-6-8-16/h9-10,15-16,18H,3-8,11-14H2,1-2H3. The van der Waals surface area contributed by atoms with Crippen molar-refractivity contribution in [2.75, 3.05) is 30.2 Å². The molecule has 0 spiro atoms. The average Bonchev–Trinajstić information content (AvgIpc) is 2.74. The molecule has 0 radical (unpaired) electrons. The smallest absolute Gasteiger partial charge is 0.234 e. The Bertz CT molecular complexity index is 752. The summed E-state index contributed by atoms with van der Waals surface area (Å²) >= 11 is 0. The molecule has 2 fully saturated rings. The summed E-state index contributed by atoms with van der Waals surface area (Å²) in [6.45, 7) is 3.08. The first-order chi connectivity index (χ1) is 13.4. The Labute approximate surface area is 168 Å². The lowest BCUT2D eigenvalue weighted by atomic mass is 9.88. The molecule has 1 aromatic heterocycles. The van der Waals surface area contributed by atoms with E-state index in [4.69, 9.17) is 4.74 Å². The minimum atomic E-state index is -3.30. The molecule has 0 bridgehead atoms. The topological polar surface area (TPSA) is 79.8 Å². The summed E-state index contributed by atoms with van der Waals surface area (Å²) in [5.41, 5.74) is 0.516. The van der Waals surface area contributed by atoms with E-state index >= 15 is 0 Å². The van der Waals surface area contributed by atoms with Crippen molar-refractivity contribution in [1.82, 2.24) is 9.88 Å². The molecule has 1 saturated heterocycles. The van der Waals surface area contributed by atoms with E-state index in [9.17, 15) is 13.2 Å². The molecule has 2 heterocycles. The molecule has 7 nitrogen and oxygen atoms in total. The number of piperidine rings is 1. The van der Waals surface area contributed by atoms with Crippen LogP contribution in [0.1, 0.15) is 51.9 Å². The van der Waals surface area contributed by atoms with Gasteiger partial charge in [0.1, 0.15) is 6.10 Å². The number of nitrogens with zero attached hydrogens (tertiary/aromatic N) is 3. The van der Waals surface area contributed by atoms with Crippen molar-refractivity contribution in [3.05, 3.63) is 18.3 Å². The number of rotatable bonds is 6. The van der Waals surface area contributed by atoms with Gasteiger partial charge in [0, 0.05) is 45.0 Å². The number of pyridine rings is 1. The predicted molar refractivity (Wildman–Crippen MR) is 109 cm³/mol. The Kier molecular flexibility index (Phi) is 6.80. The first kappa shape index (κ1) is 20.9. The Balaban J connectivity index is 1.50. The molecule has 0 N–H and O–H groups in total. The van der Waals surface area contributed by atoms with E-state index in [2.05, 4.69) is 4.98 Å². The van der Waals surface area contributed by atoms with Crippen molar-refractivity contribution in [3.8, 4) is 5.88 Å². The zero-order valence-electron chi connectivity index (χ0n) is 16.8. The molecule has 156 valence electrons. The minimum Gasteiger partial charge on any atom is -0.474 e. The molecule has 1 aromatic rings. The zero-order chi connectivity index (χ0) is 20.1. The lowest BCUT2D eigenvalue weighted by molar-refractivity contribution is -0.138. The fourth-order valence-corrected chi connectivity index (χ4v) is 4.77. The van der Waals surface area contributed by atoms with Crippen LogP contribution in [0.5, 0.6) is 5.88 Å². The molecule has 28 heavy (non-hydrogen) atoms. The van der Waals surface area contributed by atoms with Gasteiger partial charge in [0.25, 0.3) is 0 Å². The van der Waals surface area contributed by atoms with Crippen LogP contribution in [0.15, 0.2) is 18.3 Å². The number of sulfonamides is 1. The van der Waals surface area contributed by atoms with Gasteiger partial charge in [0.2, 0.25) is 21.8 Å². The van der Waals surface area contributed by atoms with Crippen molar-refractivity contribution in [1.29, 1.82) is 0 Å². The Morgan fingerprint density at radius 1 is 1.18 bits per heavy atom. The van der Waals surface area contributed by atoms with Crippen LogP contribution in [0, 0.1) is 5.92 Å². The molecule has 1 aliphatic heterocycles.